The average Bonchev–Trinajstić information content (AvgIpc) is 3.12. The summed E-state index contributed by atoms with van der Waals surface area (Å²) in [5.41, 5.74) is -1.05. The molecule has 0 aromatic carbocycles. The quantitative estimate of drug-likeness (QED) is 0.706. The Morgan fingerprint density at radius 2 is 1.60 bits per heavy atom. The van der Waals surface area contributed by atoms with Crippen molar-refractivity contribution in [2.24, 2.45) is 0 Å². The first-order valence-corrected chi connectivity index (χ1v) is 9.54. The molecule has 2 saturated heterocycles. The van der Waals surface area contributed by atoms with Crippen molar-refractivity contribution in [3.63, 3.8) is 0 Å². The van der Waals surface area contributed by atoms with Crippen molar-refractivity contribution in [1.29, 1.82) is 0 Å². The smallest absolute Gasteiger partial charge is 0.328 e. The number of carbonyl (C=O) groups excluding carboxylic acids is 1. The topological polar surface area (TPSA) is 81.6 Å². The highest BCUT2D eigenvalue weighted by atomic mass is 79.9. The first-order valence-electron chi connectivity index (χ1n) is 8.75. The van der Waals surface area contributed by atoms with Gasteiger partial charge in [-0.15, -0.1) is 0 Å². The van der Waals surface area contributed by atoms with Crippen LogP contribution in [0.2, 0.25) is 0 Å². The zero-order valence-corrected chi connectivity index (χ0v) is 15.8. The van der Waals surface area contributed by atoms with Crippen LogP contribution in [-0.2, 0) is 11.3 Å². The number of H-pyrrole nitrogens is 1. The van der Waals surface area contributed by atoms with Crippen molar-refractivity contribution < 1.29 is 4.79 Å². The summed E-state index contributed by atoms with van der Waals surface area (Å²) in [5.74, 6) is -0.0970. The van der Waals surface area contributed by atoms with Crippen LogP contribution in [0.5, 0.6) is 0 Å². The zero-order valence-electron chi connectivity index (χ0n) is 14.2. The first-order chi connectivity index (χ1) is 12.0. The Bertz CT molecular complexity index is 717. The van der Waals surface area contributed by atoms with Gasteiger partial charge in [0.25, 0.3) is 5.56 Å². The van der Waals surface area contributed by atoms with Gasteiger partial charge >= 0.3 is 5.69 Å². The van der Waals surface area contributed by atoms with Gasteiger partial charge in [-0.1, -0.05) is 0 Å². The van der Waals surface area contributed by atoms with Gasteiger partial charge in [-0.25, -0.2) is 4.79 Å². The third kappa shape index (κ3) is 4.80. The Morgan fingerprint density at radius 1 is 1.00 bits per heavy atom. The number of rotatable bonds is 5. The highest BCUT2D eigenvalue weighted by Crippen LogP contribution is 2.08. The number of piperazine rings is 1. The number of nitrogens with one attached hydrogen (secondary N) is 1. The summed E-state index contributed by atoms with van der Waals surface area (Å²) in [5, 5.41) is 0. The van der Waals surface area contributed by atoms with Crippen LogP contribution in [0.1, 0.15) is 12.8 Å². The lowest BCUT2D eigenvalue weighted by Gasteiger charge is -2.35. The molecule has 3 rings (SSSR count). The molecule has 1 amide bonds. The molecule has 0 unspecified atom stereocenters. The molecule has 0 saturated carbocycles. The minimum absolute atomic E-state index is 0.0536. The second kappa shape index (κ2) is 8.29. The number of nitrogens with zero attached hydrogens (tertiary/aromatic N) is 4. The number of aromatic amines is 1. The van der Waals surface area contributed by atoms with Crippen LogP contribution in [0.3, 0.4) is 0 Å². The molecule has 0 atom stereocenters. The third-order valence-electron chi connectivity index (χ3n) is 4.93. The maximum absolute atomic E-state index is 12.4. The minimum atomic E-state index is -0.564. The Hall–Kier alpha value is -1.45. The standard InChI is InChI=1S/C16H24BrN5O3/c17-13-11-22(16(25)18-15(13)24)12-14(23)21-9-7-20(8-10-21)6-5-19-3-1-2-4-19/h11H,1-10,12H2,(H,18,24,25). The van der Waals surface area contributed by atoms with Crippen LogP contribution in [0.25, 0.3) is 0 Å². The van der Waals surface area contributed by atoms with Gasteiger partial charge in [-0.05, 0) is 41.9 Å². The number of aromatic nitrogens is 2. The van der Waals surface area contributed by atoms with E-state index in [2.05, 4.69) is 30.7 Å². The Kier molecular flexibility index (Phi) is 6.08. The summed E-state index contributed by atoms with van der Waals surface area (Å²) < 4.78 is 1.47. The lowest BCUT2D eigenvalue weighted by molar-refractivity contribution is -0.133. The molecule has 0 bridgehead atoms. The van der Waals surface area contributed by atoms with Crippen LogP contribution in [0.4, 0.5) is 0 Å². The van der Waals surface area contributed by atoms with E-state index in [9.17, 15) is 14.4 Å². The van der Waals surface area contributed by atoms with Gasteiger partial charge < -0.3 is 9.80 Å². The molecule has 2 fully saturated rings. The van der Waals surface area contributed by atoms with Crippen LogP contribution >= 0.6 is 15.9 Å². The summed E-state index contributed by atoms with van der Waals surface area (Å²) in [4.78, 5) is 44.4. The van der Waals surface area contributed by atoms with E-state index in [1.54, 1.807) is 4.90 Å². The fourth-order valence-corrected chi connectivity index (χ4v) is 3.70. The summed E-state index contributed by atoms with van der Waals surface area (Å²) in [6, 6.07) is 0. The predicted molar refractivity (Wildman–Crippen MR) is 97.7 cm³/mol. The number of hydrogen-bond donors (Lipinski definition) is 1. The molecule has 0 aliphatic carbocycles. The van der Waals surface area contributed by atoms with E-state index < -0.39 is 11.2 Å². The number of likely N-dealkylation sites (tertiary alicyclic amines) is 1. The third-order valence-corrected chi connectivity index (χ3v) is 5.49. The Morgan fingerprint density at radius 3 is 2.24 bits per heavy atom. The van der Waals surface area contributed by atoms with Gasteiger partial charge in [0.15, 0.2) is 0 Å². The molecule has 9 heteroatoms. The van der Waals surface area contributed by atoms with Crippen LogP contribution < -0.4 is 11.2 Å². The Labute approximate surface area is 154 Å². The van der Waals surface area contributed by atoms with Gasteiger partial charge in [0.1, 0.15) is 6.54 Å². The summed E-state index contributed by atoms with van der Waals surface area (Å²) in [6.45, 7) is 7.61. The lowest BCUT2D eigenvalue weighted by atomic mass is 10.3. The normalized spacial score (nSPS) is 19.5. The minimum Gasteiger partial charge on any atom is -0.339 e. The maximum atomic E-state index is 12.4. The van der Waals surface area contributed by atoms with Crippen LogP contribution in [0.15, 0.2) is 20.3 Å². The van der Waals surface area contributed by atoms with Gasteiger partial charge in [0.05, 0.1) is 4.47 Å². The molecule has 138 valence electrons. The van der Waals surface area contributed by atoms with Gasteiger partial charge in [-0.2, -0.15) is 0 Å². The number of carbonyl (C=O) groups is 1. The van der Waals surface area contributed by atoms with Crippen molar-refractivity contribution in [3.8, 4) is 0 Å². The molecular weight excluding hydrogens is 390 g/mol. The molecule has 25 heavy (non-hydrogen) atoms. The van der Waals surface area contributed by atoms with E-state index in [0.717, 1.165) is 26.2 Å². The molecule has 1 aromatic rings. The number of amides is 1. The van der Waals surface area contributed by atoms with E-state index in [1.807, 2.05) is 0 Å². The zero-order chi connectivity index (χ0) is 17.8. The molecule has 8 nitrogen and oxygen atoms in total. The molecule has 1 aromatic heterocycles. The largest absolute Gasteiger partial charge is 0.339 e. The average molecular weight is 414 g/mol. The lowest BCUT2D eigenvalue weighted by Crippen LogP contribution is -2.51. The van der Waals surface area contributed by atoms with Crippen LogP contribution in [0, 0.1) is 0 Å². The van der Waals surface area contributed by atoms with Crippen molar-refractivity contribution in [2.75, 3.05) is 52.4 Å². The summed E-state index contributed by atoms with van der Waals surface area (Å²) in [7, 11) is 0. The number of hydrogen-bond acceptors (Lipinski definition) is 5. The second-order valence-electron chi connectivity index (χ2n) is 6.64. The van der Waals surface area contributed by atoms with Gasteiger partial charge in [0, 0.05) is 45.5 Å². The molecule has 2 aliphatic heterocycles. The van der Waals surface area contributed by atoms with Crippen molar-refractivity contribution in [1.82, 2.24) is 24.3 Å². The van der Waals surface area contributed by atoms with E-state index in [0.29, 0.717) is 13.1 Å². The van der Waals surface area contributed by atoms with Crippen molar-refractivity contribution in [2.45, 2.75) is 19.4 Å². The van der Waals surface area contributed by atoms with E-state index in [4.69, 9.17) is 0 Å². The maximum Gasteiger partial charge on any atom is 0.328 e. The summed E-state index contributed by atoms with van der Waals surface area (Å²) in [6.07, 6.45) is 3.98. The van der Waals surface area contributed by atoms with Gasteiger partial charge in [0.2, 0.25) is 5.91 Å². The predicted octanol–water partition coefficient (Wildman–Crippen LogP) is -0.461. The fraction of sp³-hybridized carbons (Fsp3) is 0.688. The molecule has 3 heterocycles. The van der Waals surface area contributed by atoms with E-state index in [1.165, 1.54) is 36.7 Å². The second-order valence-corrected chi connectivity index (χ2v) is 7.49. The van der Waals surface area contributed by atoms with Crippen molar-refractivity contribution >= 4 is 21.8 Å². The monoisotopic (exact) mass is 413 g/mol. The van der Waals surface area contributed by atoms with E-state index >= 15 is 0 Å². The Balaban J connectivity index is 1.47. The summed E-state index contributed by atoms with van der Waals surface area (Å²) >= 11 is 3.08. The molecule has 0 spiro atoms. The number of halogens is 1. The fourth-order valence-electron chi connectivity index (χ4n) is 3.36. The molecule has 0 radical (unpaired) electrons. The SMILES string of the molecule is O=C(Cn1cc(Br)c(=O)[nH]c1=O)N1CCN(CCN2CCCC2)CC1. The highest BCUT2D eigenvalue weighted by molar-refractivity contribution is 9.10. The van der Waals surface area contributed by atoms with Crippen LogP contribution in [-0.4, -0.2) is 82.5 Å². The van der Waals surface area contributed by atoms with Crippen molar-refractivity contribution in [3.05, 3.63) is 31.5 Å². The van der Waals surface area contributed by atoms with Gasteiger partial charge in [-0.3, -0.25) is 24.0 Å². The molecule has 1 N–H and O–H groups in total. The first kappa shape index (κ1) is 18.3. The highest BCUT2D eigenvalue weighted by Gasteiger charge is 2.22. The molecular formula is C16H24BrN5O3. The van der Waals surface area contributed by atoms with E-state index in [-0.39, 0.29) is 16.9 Å². The molecule has 2 aliphatic rings.